The van der Waals surface area contributed by atoms with E-state index in [0.717, 1.165) is 23.1 Å². The second kappa shape index (κ2) is 7.43. The third-order valence-electron chi connectivity index (χ3n) is 4.34. The average Bonchev–Trinajstić information content (AvgIpc) is 3.17. The summed E-state index contributed by atoms with van der Waals surface area (Å²) in [7, 11) is -0.684. The standard InChI is InChI=1S/C18H22N4O3S/c1-21(2)26(24,25)16-7-5-6-14(12-16)18(23)20-17-9-8-15(13-19-17)22-10-3-4-11-22/h5-9,12-13H,3-4,10-11H2,1-2H3,(H,19,20,23). The Morgan fingerprint density at radius 1 is 1.15 bits per heavy atom. The first-order valence-corrected chi connectivity index (χ1v) is 9.87. The van der Waals surface area contributed by atoms with Gasteiger partial charge >= 0.3 is 0 Å². The summed E-state index contributed by atoms with van der Waals surface area (Å²) in [5.41, 5.74) is 1.30. The van der Waals surface area contributed by atoms with Crippen molar-refractivity contribution >= 4 is 27.4 Å². The van der Waals surface area contributed by atoms with Crippen molar-refractivity contribution in [3.63, 3.8) is 0 Å². The van der Waals surface area contributed by atoms with Crippen LogP contribution in [-0.4, -0.2) is 50.8 Å². The van der Waals surface area contributed by atoms with Crippen molar-refractivity contribution in [2.24, 2.45) is 0 Å². The van der Waals surface area contributed by atoms with Crippen molar-refractivity contribution in [1.29, 1.82) is 0 Å². The molecule has 2 heterocycles. The quantitative estimate of drug-likeness (QED) is 0.867. The first-order chi connectivity index (χ1) is 12.4. The number of rotatable bonds is 5. The molecule has 7 nitrogen and oxygen atoms in total. The van der Waals surface area contributed by atoms with Crippen molar-refractivity contribution < 1.29 is 13.2 Å². The number of hydrogen-bond donors (Lipinski definition) is 1. The third kappa shape index (κ3) is 3.86. The van der Waals surface area contributed by atoms with Crippen LogP contribution < -0.4 is 10.2 Å². The van der Waals surface area contributed by atoms with Gasteiger partial charge in [0.2, 0.25) is 10.0 Å². The van der Waals surface area contributed by atoms with Gasteiger partial charge in [-0.15, -0.1) is 0 Å². The van der Waals surface area contributed by atoms with Crippen molar-refractivity contribution in [1.82, 2.24) is 9.29 Å². The average molecular weight is 374 g/mol. The lowest BCUT2D eigenvalue weighted by Gasteiger charge is -2.17. The normalized spacial score (nSPS) is 14.7. The molecular formula is C18H22N4O3S. The number of carbonyl (C=O) groups excluding carboxylic acids is 1. The number of amides is 1. The predicted molar refractivity (Wildman–Crippen MR) is 101 cm³/mol. The maximum absolute atomic E-state index is 12.4. The molecule has 1 fully saturated rings. The van der Waals surface area contributed by atoms with Gasteiger partial charge in [-0.05, 0) is 43.2 Å². The van der Waals surface area contributed by atoms with Gasteiger partial charge in [-0.2, -0.15) is 0 Å². The molecule has 3 rings (SSSR count). The van der Waals surface area contributed by atoms with Crippen LogP contribution in [0.25, 0.3) is 0 Å². The molecule has 1 aliphatic rings. The summed E-state index contributed by atoms with van der Waals surface area (Å²) in [6.45, 7) is 2.06. The number of hydrogen-bond acceptors (Lipinski definition) is 5. The highest BCUT2D eigenvalue weighted by Gasteiger charge is 2.19. The van der Waals surface area contributed by atoms with E-state index in [2.05, 4.69) is 15.2 Å². The van der Waals surface area contributed by atoms with E-state index in [-0.39, 0.29) is 10.5 Å². The summed E-state index contributed by atoms with van der Waals surface area (Å²) in [5.74, 6) is 0.0287. The highest BCUT2D eigenvalue weighted by atomic mass is 32.2. The van der Waals surface area contributed by atoms with Crippen LogP contribution in [0.2, 0.25) is 0 Å². The summed E-state index contributed by atoms with van der Waals surface area (Å²) >= 11 is 0. The molecule has 2 aromatic rings. The van der Waals surface area contributed by atoms with Crippen LogP contribution in [0.4, 0.5) is 11.5 Å². The van der Waals surface area contributed by atoms with Gasteiger partial charge in [0.1, 0.15) is 5.82 Å². The molecule has 1 amide bonds. The first kappa shape index (κ1) is 18.3. The van der Waals surface area contributed by atoms with Gasteiger partial charge in [-0.3, -0.25) is 4.79 Å². The Labute approximate surface area is 153 Å². The zero-order valence-corrected chi connectivity index (χ0v) is 15.7. The van der Waals surface area contributed by atoms with Crippen LogP contribution in [-0.2, 0) is 10.0 Å². The minimum Gasteiger partial charge on any atom is -0.370 e. The Kier molecular flexibility index (Phi) is 5.24. The molecule has 8 heteroatoms. The largest absolute Gasteiger partial charge is 0.370 e. The lowest BCUT2D eigenvalue weighted by atomic mass is 10.2. The van der Waals surface area contributed by atoms with Crippen LogP contribution in [0.1, 0.15) is 23.2 Å². The van der Waals surface area contributed by atoms with Crippen LogP contribution in [0.5, 0.6) is 0 Å². The Morgan fingerprint density at radius 2 is 1.88 bits per heavy atom. The molecule has 1 N–H and O–H groups in total. The molecule has 0 atom stereocenters. The summed E-state index contributed by atoms with van der Waals surface area (Å²) < 4.78 is 25.5. The van der Waals surface area contributed by atoms with E-state index in [9.17, 15) is 13.2 Å². The fourth-order valence-electron chi connectivity index (χ4n) is 2.82. The lowest BCUT2D eigenvalue weighted by Crippen LogP contribution is -2.23. The number of nitrogens with zero attached hydrogens (tertiary/aromatic N) is 3. The lowest BCUT2D eigenvalue weighted by molar-refractivity contribution is 0.102. The number of sulfonamides is 1. The zero-order valence-electron chi connectivity index (χ0n) is 14.8. The van der Waals surface area contributed by atoms with Gasteiger partial charge in [0.25, 0.3) is 5.91 Å². The van der Waals surface area contributed by atoms with E-state index in [1.54, 1.807) is 24.4 Å². The maximum Gasteiger partial charge on any atom is 0.256 e. The van der Waals surface area contributed by atoms with Gasteiger partial charge in [0.05, 0.1) is 16.8 Å². The van der Waals surface area contributed by atoms with E-state index in [1.165, 1.54) is 39.1 Å². The van der Waals surface area contributed by atoms with E-state index < -0.39 is 15.9 Å². The molecule has 0 radical (unpaired) electrons. The van der Waals surface area contributed by atoms with Crippen LogP contribution in [0.3, 0.4) is 0 Å². The van der Waals surface area contributed by atoms with Gasteiger partial charge in [-0.1, -0.05) is 6.07 Å². The number of pyridine rings is 1. The Bertz CT molecular complexity index is 889. The molecule has 0 aliphatic carbocycles. The minimum atomic E-state index is -3.59. The highest BCUT2D eigenvalue weighted by molar-refractivity contribution is 7.89. The van der Waals surface area contributed by atoms with Crippen molar-refractivity contribution in [2.75, 3.05) is 37.4 Å². The molecule has 0 bridgehead atoms. The van der Waals surface area contributed by atoms with Crippen molar-refractivity contribution in [2.45, 2.75) is 17.7 Å². The number of aromatic nitrogens is 1. The second-order valence-electron chi connectivity index (χ2n) is 6.37. The van der Waals surface area contributed by atoms with Crippen LogP contribution in [0.15, 0.2) is 47.5 Å². The number of anilines is 2. The number of benzene rings is 1. The molecule has 1 aliphatic heterocycles. The molecule has 0 saturated carbocycles. The Morgan fingerprint density at radius 3 is 2.50 bits per heavy atom. The highest BCUT2D eigenvalue weighted by Crippen LogP contribution is 2.21. The first-order valence-electron chi connectivity index (χ1n) is 8.43. The van der Waals surface area contributed by atoms with E-state index in [1.807, 2.05) is 6.07 Å². The van der Waals surface area contributed by atoms with Crippen LogP contribution >= 0.6 is 0 Å². The summed E-state index contributed by atoms with van der Waals surface area (Å²) in [5, 5.41) is 2.71. The number of carbonyl (C=O) groups is 1. The topological polar surface area (TPSA) is 82.6 Å². The molecule has 138 valence electrons. The third-order valence-corrected chi connectivity index (χ3v) is 6.15. The SMILES string of the molecule is CN(C)S(=O)(=O)c1cccc(C(=O)Nc2ccc(N3CCCC3)cn2)c1. The second-order valence-corrected chi connectivity index (χ2v) is 8.52. The van der Waals surface area contributed by atoms with Gasteiger partial charge < -0.3 is 10.2 Å². The molecule has 26 heavy (non-hydrogen) atoms. The monoisotopic (exact) mass is 374 g/mol. The van der Waals surface area contributed by atoms with Gasteiger partial charge in [-0.25, -0.2) is 17.7 Å². The molecular weight excluding hydrogens is 352 g/mol. The summed E-state index contributed by atoms with van der Waals surface area (Å²) in [6.07, 6.45) is 4.11. The maximum atomic E-state index is 12.4. The molecule has 0 spiro atoms. The smallest absolute Gasteiger partial charge is 0.256 e. The fourth-order valence-corrected chi connectivity index (χ4v) is 3.77. The summed E-state index contributed by atoms with van der Waals surface area (Å²) in [6, 6.07) is 9.64. The minimum absolute atomic E-state index is 0.0764. The van der Waals surface area contributed by atoms with Crippen LogP contribution in [0, 0.1) is 0 Å². The predicted octanol–water partition coefficient (Wildman–Crippen LogP) is 2.18. The molecule has 1 aromatic carbocycles. The van der Waals surface area contributed by atoms with E-state index in [0.29, 0.717) is 5.82 Å². The zero-order chi connectivity index (χ0) is 18.7. The van der Waals surface area contributed by atoms with Gasteiger partial charge in [0, 0.05) is 32.7 Å². The van der Waals surface area contributed by atoms with Crippen molar-refractivity contribution in [3.8, 4) is 0 Å². The van der Waals surface area contributed by atoms with E-state index in [4.69, 9.17) is 0 Å². The molecule has 1 saturated heterocycles. The summed E-state index contributed by atoms with van der Waals surface area (Å²) in [4.78, 5) is 19.1. The Hall–Kier alpha value is -2.45. The van der Waals surface area contributed by atoms with Crippen molar-refractivity contribution in [3.05, 3.63) is 48.2 Å². The number of nitrogens with one attached hydrogen (secondary N) is 1. The fraction of sp³-hybridized carbons (Fsp3) is 0.333. The Balaban J connectivity index is 1.74. The van der Waals surface area contributed by atoms with Gasteiger partial charge in [0.15, 0.2) is 0 Å². The molecule has 1 aromatic heterocycles. The van der Waals surface area contributed by atoms with E-state index >= 15 is 0 Å². The molecule has 0 unspecified atom stereocenters.